The van der Waals surface area contributed by atoms with Gasteiger partial charge in [0.05, 0.1) is 6.04 Å². The van der Waals surface area contributed by atoms with Crippen molar-refractivity contribution in [1.82, 2.24) is 4.90 Å². The van der Waals surface area contributed by atoms with E-state index in [1.165, 1.54) is 44.1 Å². The van der Waals surface area contributed by atoms with Crippen LogP contribution in [-0.4, -0.2) is 29.8 Å². The van der Waals surface area contributed by atoms with Crippen molar-refractivity contribution < 1.29 is 4.79 Å². The van der Waals surface area contributed by atoms with Gasteiger partial charge in [0.15, 0.2) is 5.78 Å². The molecule has 0 aromatic heterocycles. The van der Waals surface area contributed by atoms with Crippen molar-refractivity contribution in [3.8, 4) is 0 Å². The number of carbonyl (C=O) groups excluding carboxylic acids is 1. The van der Waals surface area contributed by atoms with Gasteiger partial charge in [-0.05, 0) is 58.0 Å². The average molecular weight is 285 g/mol. The summed E-state index contributed by atoms with van der Waals surface area (Å²) in [4.78, 5) is 15.0. The summed E-state index contributed by atoms with van der Waals surface area (Å²) in [6.45, 7) is 6.33. The first-order valence-corrected chi connectivity index (χ1v) is 8.45. The number of rotatable bonds is 3. The standard InChI is InChI=1S/C19H27NO/c1-15-5-7-17(8-6-15)18(21)16(2)20-13-11-19(12-14-20)9-3-4-10-19/h5-8,16H,3-4,9-14H2,1-2H3. The van der Waals surface area contributed by atoms with Gasteiger partial charge < -0.3 is 0 Å². The Morgan fingerprint density at radius 1 is 1.05 bits per heavy atom. The normalized spacial score (nSPS) is 23.3. The summed E-state index contributed by atoms with van der Waals surface area (Å²) in [5.74, 6) is 0.275. The van der Waals surface area contributed by atoms with Crippen molar-refractivity contribution >= 4 is 5.78 Å². The van der Waals surface area contributed by atoms with Gasteiger partial charge in [-0.15, -0.1) is 0 Å². The van der Waals surface area contributed by atoms with E-state index in [1.807, 2.05) is 24.3 Å². The van der Waals surface area contributed by atoms with Gasteiger partial charge in [0.25, 0.3) is 0 Å². The molecule has 1 aromatic rings. The number of carbonyl (C=O) groups is 1. The van der Waals surface area contributed by atoms with E-state index < -0.39 is 0 Å². The maximum atomic E-state index is 12.6. The highest BCUT2D eigenvalue weighted by molar-refractivity contribution is 5.99. The van der Waals surface area contributed by atoms with Crippen molar-refractivity contribution in [2.45, 2.75) is 58.4 Å². The van der Waals surface area contributed by atoms with Crippen LogP contribution < -0.4 is 0 Å². The van der Waals surface area contributed by atoms with E-state index in [4.69, 9.17) is 0 Å². The number of benzene rings is 1. The van der Waals surface area contributed by atoms with Gasteiger partial charge in [-0.1, -0.05) is 42.7 Å². The minimum absolute atomic E-state index is 0.0199. The molecule has 1 unspecified atom stereocenters. The van der Waals surface area contributed by atoms with Crippen LogP contribution in [0.25, 0.3) is 0 Å². The second-order valence-electron chi connectivity index (χ2n) is 7.15. The van der Waals surface area contributed by atoms with Crippen LogP contribution in [0.2, 0.25) is 0 Å². The summed E-state index contributed by atoms with van der Waals surface area (Å²) < 4.78 is 0. The highest BCUT2D eigenvalue weighted by Crippen LogP contribution is 2.46. The monoisotopic (exact) mass is 285 g/mol. The van der Waals surface area contributed by atoms with Crippen LogP contribution in [0.3, 0.4) is 0 Å². The van der Waals surface area contributed by atoms with Crippen molar-refractivity contribution in [2.24, 2.45) is 5.41 Å². The largest absolute Gasteiger partial charge is 0.293 e. The second-order valence-corrected chi connectivity index (χ2v) is 7.15. The summed E-state index contributed by atoms with van der Waals surface area (Å²) in [5.41, 5.74) is 2.69. The van der Waals surface area contributed by atoms with E-state index in [1.54, 1.807) is 0 Å². The van der Waals surface area contributed by atoms with Gasteiger partial charge in [0.1, 0.15) is 0 Å². The second kappa shape index (κ2) is 5.92. The Bertz CT molecular complexity index is 489. The third-order valence-electron chi connectivity index (χ3n) is 5.79. The smallest absolute Gasteiger partial charge is 0.179 e. The molecule has 1 spiro atoms. The zero-order valence-corrected chi connectivity index (χ0v) is 13.4. The predicted octanol–water partition coefficient (Wildman–Crippen LogP) is 4.22. The Hall–Kier alpha value is -1.15. The van der Waals surface area contributed by atoms with E-state index >= 15 is 0 Å². The molecule has 0 bridgehead atoms. The van der Waals surface area contributed by atoms with Crippen LogP contribution in [0.1, 0.15) is 61.4 Å². The molecular weight excluding hydrogens is 258 g/mol. The molecule has 2 heteroatoms. The van der Waals surface area contributed by atoms with Crippen molar-refractivity contribution in [2.75, 3.05) is 13.1 Å². The molecule has 1 saturated carbocycles. The highest BCUT2D eigenvalue weighted by Gasteiger charge is 2.38. The van der Waals surface area contributed by atoms with E-state index in [-0.39, 0.29) is 11.8 Å². The molecule has 114 valence electrons. The molecule has 1 heterocycles. The van der Waals surface area contributed by atoms with Gasteiger partial charge in [-0.2, -0.15) is 0 Å². The fraction of sp³-hybridized carbons (Fsp3) is 0.632. The Morgan fingerprint density at radius 2 is 1.62 bits per heavy atom. The maximum absolute atomic E-state index is 12.6. The third kappa shape index (κ3) is 3.06. The molecule has 1 aliphatic heterocycles. The average Bonchev–Trinajstić information content (AvgIpc) is 2.96. The van der Waals surface area contributed by atoms with Gasteiger partial charge in [-0.3, -0.25) is 9.69 Å². The molecule has 2 nitrogen and oxygen atoms in total. The first-order valence-electron chi connectivity index (χ1n) is 8.45. The SMILES string of the molecule is Cc1ccc(C(=O)C(C)N2CCC3(CCCC3)CC2)cc1. The number of likely N-dealkylation sites (tertiary alicyclic amines) is 1. The molecule has 1 aromatic carbocycles. The number of nitrogens with zero attached hydrogens (tertiary/aromatic N) is 1. The number of ketones is 1. The number of hydrogen-bond donors (Lipinski definition) is 0. The summed E-state index contributed by atoms with van der Waals surface area (Å²) in [7, 11) is 0. The fourth-order valence-corrected chi connectivity index (χ4v) is 4.14. The van der Waals surface area contributed by atoms with Crippen LogP contribution in [-0.2, 0) is 0 Å². The van der Waals surface area contributed by atoms with Crippen LogP contribution in [0.4, 0.5) is 0 Å². The Labute approximate surface area is 128 Å². The molecule has 1 saturated heterocycles. The maximum Gasteiger partial charge on any atom is 0.179 e. The summed E-state index contributed by atoms with van der Waals surface area (Å²) in [5, 5.41) is 0. The van der Waals surface area contributed by atoms with Crippen LogP contribution >= 0.6 is 0 Å². The van der Waals surface area contributed by atoms with Crippen LogP contribution in [0, 0.1) is 12.3 Å². The highest BCUT2D eigenvalue weighted by atomic mass is 16.1. The van der Waals surface area contributed by atoms with E-state index in [2.05, 4.69) is 18.7 Å². The lowest BCUT2D eigenvalue weighted by atomic mass is 9.76. The lowest BCUT2D eigenvalue weighted by molar-refractivity contribution is 0.0621. The van der Waals surface area contributed by atoms with E-state index in [9.17, 15) is 4.79 Å². The topological polar surface area (TPSA) is 20.3 Å². The number of hydrogen-bond acceptors (Lipinski definition) is 2. The summed E-state index contributed by atoms with van der Waals surface area (Å²) in [6.07, 6.45) is 8.25. The van der Waals surface area contributed by atoms with Crippen LogP contribution in [0.15, 0.2) is 24.3 Å². The zero-order valence-electron chi connectivity index (χ0n) is 13.4. The molecule has 21 heavy (non-hydrogen) atoms. The Kier molecular flexibility index (Phi) is 4.17. The molecule has 1 atom stereocenters. The minimum Gasteiger partial charge on any atom is -0.293 e. The van der Waals surface area contributed by atoms with Gasteiger partial charge in [0.2, 0.25) is 0 Å². The number of piperidine rings is 1. The lowest BCUT2D eigenvalue weighted by Crippen LogP contribution is -2.46. The molecular formula is C19H27NO. The van der Waals surface area contributed by atoms with Gasteiger partial charge in [0, 0.05) is 5.56 Å². The van der Waals surface area contributed by atoms with E-state index in [0.717, 1.165) is 18.7 Å². The first-order chi connectivity index (χ1) is 10.1. The van der Waals surface area contributed by atoms with E-state index in [0.29, 0.717) is 5.41 Å². The lowest BCUT2D eigenvalue weighted by Gasteiger charge is -2.41. The summed E-state index contributed by atoms with van der Waals surface area (Å²) >= 11 is 0. The molecule has 1 aliphatic carbocycles. The first kappa shape index (κ1) is 14.8. The van der Waals surface area contributed by atoms with Crippen LogP contribution in [0.5, 0.6) is 0 Å². The molecule has 2 aliphatic rings. The number of Topliss-reactive ketones (excluding diaryl/α,β-unsaturated/α-hetero) is 1. The quantitative estimate of drug-likeness (QED) is 0.775. The van der Waals surface area contributed by atoms with Crippen molar-refractivity contribution in [3.63, 3.8) is 0 Å². The Morgan fingerprint density at radius 3 is 2.19 bits per heavy atom. The molecule has 0 radical (unpaired) electrons. The van der Waals surface area contributed by atoms with Crippen molar-refractivity contribution in [1.29, 1.82) is 0 Å². The molecule has 3 rings (SSSR count). The van der Waals surface area contributed by atoms with Gasteiger partial charge >= 0.3 is 0 Å². The predicted molar refractivity (Wildman–Crippen MR) is 86.7 cm³/mol. The number of aryl methyl sites for hydroxylation is 1. The fourth-order valence-electron chi connectivity index (χ4n) is 4.14. The summed E-state index contributed by atoms with van der Waals surface area (Å²) in [6, 6.07) is 8.02. The minimum atomic E-state index is 0.0199. The molecule has 0 N–H and O–H groups in total. The van der Waals surface area contributed by atoms with Crippen molar-refractivity contribution in [3.05, 3.63) is 35.4 Å². The molecule has 0 amide bonds. The van der Waals surface area contributed by atoms with Gasteiger partial charge in [-0.25, -0.2) is 0 Å². The molecule has 2 fully saturated rings. The zero-order chi connectivity index (χ0) is 14.9. The third-order valence-corrected chi connectivity index (χ3v) is 5.79. The Balaban J connectivity index is 1.62.